The number of amides is 1. The zero-order valence-electron chi connectivity index (χ0n) is 34.1. The second kappa shape index (κ2) is 21.5. The molecule has 0 aliphatic carbocycles. The first-order valence-electron chi connectivity index (χ1n) is 18.5. The van der Waals surface area contributed by atoms with E-state index in [0.717, 1.165) is 57.8 Å². The minimum absolute atomic E-state index is 0.0558. The van der Waals surface area contributed by atoms with Gasteiger partial charge in [-0.1, -0.05) is 31.9 Å². The summed E-state index contributed by atoms with van der Waals surface area (Å²) < 4.78 is 33.1. The smallest absolute Gasteiger partial charge is 0.217 e. The van der Waals surface area contributed by atoms with Crippen LogP contribution in [0.4, 0.5) is 0 Å². The average Bonchev–Trinajstić information content (AvgIpc) is 2.82. The zero-order chi connectivity index (χ0) is 36.7. The molecule has 0 rings (SSSR count). The van der Waals surface area contributed by atoms with Crippen molar-refractivity contribution in [1.82, 2.24) is 5.32 Å². The van der Waals surface area contributed by atoms with Crippen molar-refractivity contribution in [2.45, 2.75) is 200 Å². The predicted molar refractivity (Wildman–Crippen MR) is 216 cm³/mol. The van der Waals surface area contributed by atoms with E-state index < -0.39 is 41.6 Å². The molecule has 0 spiro atoms. The summed E-state index contributed by atoms with van der Waals surface area (Å²) in [7, 11) is -8.74. The van der Waals surface area contributed by atoms with E-state index in [1.165, 1.54) is 0 Å². The van der Waals surface area contributed by atoms with E-state index in [9.17, 15) is 4.79 Å². The molecule has 0 fully saturated rings. The zero-order valence-corrected chi connectivity index (χ0v) is 39.1. The van der Waals surface area contributed by atoms with Crippen LogP contribution in [0.15, 0.2) is 12.2 Å². The normalized spacial score (nSPS) is 17.0. The number of hydrogen-bond acceptors (Lipinski definition) is 6. The Balaban J connectivity index is 5.65. The number of carbonyl (C=O) groups excluding carboxylic acids is 1. The third-order valence-electron chi connectivity index (χ3n) is 6.98. The van der Waals surface area contributed by atoms with Gasteiger partial charge in [0.1, 0.15) is 0 Å². The van der Waals surface area contributed by atoms with Gasteiger partial charge in [0.2, 0.25) is 5.91 Å². The van der Waals surface area contributed by atoms with Crippen LogP contribution >= 0.6 is 0 Å². The molecule has 0 aromatic rings. The van der Waals surface area contributed by atoms with Crippen molar-refractivity contribution < 1.29 is 26.9 Å². The van der Waals surface area contributed by atoms with Gasteiger partial charge in [-0.25, -0.2) is 0 Å². The molecule has 0 bridgehead atoms. The molecule has 12 heteroatoms. The van der Waals surface area contributed by atoms with Gasteiger partial charge in [0.15, 0.2) is 41.6 Å². The first kappa shape index (κ1) is 47.1. The van der Waals surface area contributed by atoms with Gasteiger partial charge in [0.25, 0.3) is 0 Å². The van der Waals surface area contributed by atoms with Gasteiger partial charge in [-0.3, -0.25) is 4.79 Å². The first-order chi connectivity index (χ1) is 21.2. The Labute approximate surface area is 297 Å². The van der Waals surface area contributed by atoms with Crippen molar-refractivity contribution in [3.63, 3.8) is 0 Å². The average molecular weight is 750 g/mol. The lowest BCUT2D eigenvalue weighted by Crippen LogP contribution is -2.50. The lowest BCUT2D eigenvalue weighted by Gasteiger charge is -2.37. The van der Waals surface area contributed by atoms with Crippen molar-refractivity contribution in [2.75, 3.05) is 6.61 Å². The fourth-order valence-electron chi connectivity index (χ4n) is 5.50. The maximum Gasteiger partial charge on any atom is 0.217 e. The molecule has 47 heavy (non-hydrogen) atoms. The van der Waals surface area contributed by atoms with E-state index in [0.29, 0.717) is 12.7 Å². The second-order valence-electron chi connectivity index (χ2n) is 18.2. The van der Waals surface area contributed by atoms with Gasteiger partial charge >= 0.3 is 0 Å². The number of rotatable bonds is 26. The Bertz CT molecular complexity index is 887. The third-order valence-corrected chi connectivity index (χ3v) is 12.0. The quantitative estimate of drug-likeness (QED) is 0.0539. The van der Waals surface area contributed by atoms with Gasteiger partial charge in [-0.15, -0.1) is 0 Å². The summed E-state index contributed by atoms with van der Waals surface area (Å²) >= 11 is 0. The fraction of sp³-hybridized carbons (Fsp3) is 0.914. The maximum absolute atomic E-state index is 12.1. The molecule has 280 valence electrons. The predicted octanol–water partition coefficient (Wildman–Crippen LogP) is 10.3. The SMILES string of the molecule is CCCC(CCCC(O[Si](C)(C)C)C(CCCC/C=C/C(O[Si](C)(C)C)C(CO[Si](C)(C)C)NC(C)=O)O[Si](C)(C)C)O[Si](C)(C)C. The number of hydrogen-bond donors (Lipinski definition) is 1. The standard InChI is InChI=1S/C35H79NO6Si5/c1-18-24-31(39-44(6,7)8)25-23-28-35(42-47(15,16)17)34(41-46(12,13)14)27-22-20-19-21-26-33(40-45(9,10)11)32(36-30(2)37)29-38-43(3,4)5/h21,26,31-35H,18-20,22-25,27-29H2,1-17H3,(H,36,37)/b26-21+. The van der Waals surface area contributed by atoms with Crippen molar-refractivity contribution in [1.29, 1.82) is 0 Å². The monoisotopic (exact) mass is 749 g/mol. The highest BCUT2D eigenvalue weighted by molar-refractivity contribution is 6.71. The second-order valence-corrected chi connectivity index (χ2v) is 40.6. The Hall–Kier alpha value is 0.0944. The van der Waals surface area contributed by atoms with Crippen LogP contribution in [0.5, 0.6) is 0 Å². The molecule has 0 radical (unpaired) electrons. The molecule has 0 aromatic heterocycles. The minimum atomic E-state index is -1.87. The summed E-state index contributed by atoms with van der Waals surface area (Å²) in [6.07, 6.45) is 14.4. The highest BCUT2D eigenvalue weighted by Crippen LogP contribution is 2.27. The lowest BCUT2D eigenvalue weighted by atomic mass is 9.99. The Kier molecular flexibility index (Phi) is 21.5. The summed E-state index contributed by atoms with van der Waals surface area (Å²) in [6.45, 7) is 38.1. The van der Waals surface area contributed by atoms with Gasteiger partial charge in [0, 0.05) is 13.0 Å². The van der Waals surface area contributed by atoms with Crippen LogP contribution in [0.3, 0.4) is 0 Å². The maximum atomic E-state index is 12.1. The van der Waals surface area contributed by atoms with Crippen LogP contribution in [0, 0.1) is 0 Å². The summed E-state index contributed by atoms with van der Waals surface area (Å²) in [5.41, 5.74) is 0. The molecule has 0 saturated heterocycles. The van der Waals surface area contributed by atoms with Crippen molar-refractivity contribution in [2.24, 2.45) is 0 Å². The molecule has 0 saturated carbocycles. The lowest BCUT2D eigenvalue weighted by molar-refractivity contribution is -0.120. The van der Waals surface area contributed by atoms with Crippen LogP contribution in [-0.4, -0.2) is 84.6 Å². The molecule has 5 unspecified atom stereocenters. The Morgan fingerprint density at radius 3 is 1.53 bits per heavy atom. The van der Waals surface area contributed by atoms with Crippen LogP contribution in [-0.2, 0) is 26.9 Å². The minimum Gasteiger partial charge on any atom is -0.415 e. The molecular weight excluding hydrogens is 671 g/mol. The van der Waals surface area contributed by atoms with E-state index in [1.807, 2.05) is 0 Å². The first-order valence-corrected chi connectivity index (χ1v) is 35.5. The van der Waals surface area contributed by atoms with Crippen LogP contribution in [0.25, 0.3) is 0 Å². The molecule has 0 heterocycles. The van der Waals surface area contributed by atoms with E-state index in [-0.39, 0.29) is 30.3 Å². The molecule has 1 N–H and O–H groups in total. The van der Waals surface area contributed by atoms with E-state index in [4.69, 9.17) is 22.1 Å². The van der Waals surface area contributed by atoms with Crippen molar-refractivity contribution in [3.8, 4) is 0 Å². The van der Waals surface area contributed by atoms with E-state index >= 15 is 0 Å². The van der Waals surface area contributed by atoms with Crippen LogP contribution in [0.1, 0.15) is 71.6 Å². The highest BCUT2D eigenvalue weighted by atomic mass is 28.4. The summed E-state index contributed by atoms with van der Waals surface area (Å²) in [4.78, 5) is 12.1. The molecule has 0 aliphatic rings. The number of carbonyl (C=O) groups is 1. The summed E-state index contributed by atoms with van der Waals surface area (Å²) in [5, 5.41) is 3.11. The molecule has 0 aliphatic heterocycles. The fourth-order valence-corrected chi connectivity index (χ4v) is 10.8. The Morgan fingerprint density at radius 2 is 1.11 bits per heavy atom. The molecule has 0 aromatic carbocycles. The topological polar surface area (TPSA) is 75.2 Å². The summed E-state index contributed by atoms with van der Waals surface area (Å²) in [5.74, 6) is -0.0558. The number of nitrogens with one attached hydrogen (secondary N) is 1. The summed E-state index contributed by atoms with van der Waals surface area (Å²) in [6, 6.07) is -0.204. The number of allylic oxidation sites excluding steroid dienone is 1. The Morgan fingerprint density at radius 1 is 0.617 bits per heavy atom. The van der Waals surface area contributed by atoms with E-state index in [1.54, 1.807) is 6.92 Å². The van der Waals surface area contributed by atoms with Gasteiger partial charge < -0.3 is 27.4 Å². The molecular formula is C35H79NO6Si5. The van der Waals surface area contributed by atoms with Crippen molar-refractivity contribution in [3.05, 3.63) is 12.2 Å². The molecule has 7 nitrogen and oxygen atoms in total. The van der Waals surface area contributed by atoms with E-state index in [2.05, 4.69) is 123 Å². The molecule has 5 atom stereocenters. The van der Waals surface area contributed by atoms with Crippen LogP contribution in [0.2, 0.25) is 98.2 Å². The van der Waals surface area contributed by atoms with Gasteiger partial charge in [-0.05, 0) is 143 Å². The van der Waals surface area contributed by atoms with Crippen molar-refractivity contribution >= 4 is 47.5 Å². The third kappa shape index (κ3) is 28.5. The van der Waals surface area contributed by atoms with Crippen LogP contribution < -0.4 is 5.32 Å². The van der Waals surface area contributed by atoms with Gasteiger partial charge in [0.05, 0.1) is 31.0 Å². The number of unbranched alkanes of at least 4 members (excludes halogenated alkanes) is 2. The van der Waals surface area contributed by atoms with Gasteiger partial charge in [-0.2, -0.15) is 0 Å². The largest absolute Gasteiger partial charge is 0.415 e. The molecule has 1 amide bonds. The highest BCUT2D eigenvalue weighted by Gasteiger charge is 2.33.